The van der Waals surface area contributed by atoms with Crippen LogP contribution in [0.25, 0.3) is 0 Å². The molecule has 0 radical (unpaired) electrons. The summed E-state index contributed by atoms with van der Waals surface area (Å²) in [5.74, 6) is -1.59. The number of carboxylic acids is 1. The van der Waals surface area contributed by atoms with Crippen LogP contribution in [0.1, 0.15) is 6.92 Å². The van der Waals surface area contributed by atoms with Gasteiger partial charge < -0.3 is 19.9 Å². The number of carbonyl (C=O) groups is 2. The van der Waals surface area contributed by atoms with E-state index in [4.69, 9.17) is 37.8 Å². The number of benzene rings is 1. The molecule has 1 aromatic rings. The number of hydrogen-bond donors (Lipinski definition) is 2. The summed E-state index contributed by atoms with van der Waals surface area (Å²) in [4.78, 5) is 23.1. The number of carboxylic acid groups (broad SMARTS) is 1. The zero-order valence-electron chi connectivity index (χ0n) is 12.4. The smallest absolute Gasteiger partial charge is 0.328 e. The van der Waals surface area contributed by atoms with Crippen LogP contribution in [0.15, 0.2) is 30.9 Å². The summed E-state index contributed by atoms with van der Waals surface area (Å²) >= 11 is 11.8. The van der Waals surface area contributed by atoms with E-state index in [9.17, 15) is 9.59 Å². The van der Waals surface area contributed by atoms with E-state index in [-0.39, 0.29) is 29.0 Å². The summed E-state index contributed by atoms with van der Waals surface area (Å²) in [5, 5.41) is 11.9. The van der Waals surface area contributed by atoms with Gasteiger partial charge in [0.2, 0.25) is 0 Å². The van der Waals surface area contributed by atoms with Crippen molar-refractivity contribution >= 4 is 35.1 Å². The molecule has 0 aromatic heterocycles. The second-order valence-electron chi connectivity index (χ2n) is 4.54. The van der Waals surface area contributed by atoms with Crippen LogP contribution in [0.5, 0.6) is 5.75 Å². The molecule has 2 atom stereocenters. The van der Waals surface area contributed by atoms with Gasteiger partial charge in [-0.3, -0.25) is 4.79 Å². The van der Waals surface area contributed by atoms with Crippen molar-refractivity contribution in [2.24, 2.45) is 0 Å². The van der Waals surface area contributed by atoms with Gasteiger partial charge >= 0.3 is 5.97 Å². The highest BCUT2D eigenvalue weighted by atomic mass is 35.5. The van der Waals surface area contributed by atoms with Gasteiger partial charge in [0.25, 0.3) is 5.91 Å². The van der Waals surface area contributed by atoms with E-state index in [0.717, 1.165) is 0 Å². The molecule has 2 N–H and O–H groups in total. The van der Waals surface area contributed by atoms with Crippen LogP contribution in [0.4, 0.5) is 0 Å². The Bertz CT molecular complexity index is 579. The third-order valence-electron chi connectivity index (χ3n) is 2.72. The van der Waals surface area contributed by atoms with Crippen LogP contribution in [0.3, 0.4) is 0 Å². The summed E-state index contributed by atoms with van der Waals surface area (Å²) in [6.07, 6.45) is 0.514. The maximum absolute atomic E-state index is 12.0. The van der Waals surface area contributed by atoms with Crippen LogP contribution >= 0.6 is 23.2 Å². The van der Waals surface area contributed by atoms with Crippen molar-refractivity contribution in [2.45, 2.75) is 19.1 Å². The molecular weight excluding hydrogens is 345 g/mol. The predicted molar refractivity (Wildman–Crippen MR) is 87.1 cm³/mol. The van der Waals surface area contributed by atoms with Crippen molar-refractivity contribution in [1.82, 2.24) is 5.32 Å². The van der Waals surface area contributed by atoms with Gasteiger partial charge in [0.05, 0.1) is 18.2 Å². The van der Waals surface area contributed by atoms with Crippen LogP contribution in [0, 0.1) is 0 Å². The molecule has 0 spiro atoms. The first-order chi connectivity index (χ1) is 10.9. The van der Waals surface area contributed by atoms with Crippen molar-refractivity contribution in [2.75, 3.05) is 13.2 Å². The Balaban J connectivity index is 2.65. The Hall–Kier alpha value is -1.76. The Morgan fingerprint density at radius 1 is 1.43 bits per heavy atom. The zero-order chi connectivity index (χ0) is 17.4. The van der Waals surface area contributed by atoms with E-state index in [1.54, 1.807) is 18.2 Å². The number of ether oxygens (including phenoxy) is 2. The molecule has 126 valence electrons. The molecule has 0 aliphatic carbocycles. The van der Waals surface area contributed by atoms with Crippen molar-refractivity contribution in [3.8, 4) is 5.75 Å². The lowest BCUT2D eigenvalue weighted by Crippen LogP contribution is -2.48. The number of amides is 1. The highest BCUT2D eigenvalue weighted by molar-refractivity contribution is 6.42. The molecule has 1 aromatic carbocycles. The fraction of sp³-hybridized carbons (Fsp3) is 0.333. The summed E-state index contributed by atoms with van der Waals surface area (Å²) in [6.45, 7) is 4.92. The average Bonchev–Trinajstić information content (AvgIpc) is 2.50. The van der Waals surface area contributed by atoms with E-state index < -0.39 is 24.0 Å². The van der Waals surface area contributed by atoms with Gasteiger partial charge in [-0.1, -0.05) is 35.3 Å². The van der Waals surface area contributed by atoms with Crippen LogP contribution < -0.4 is 10.1 Å². The van der Waals surface area contributed by atoms with Crippen LogP contribution in [-0.2, 0) is 14.3 Å². The number of carbonyl (C=O) groups excluding carboxylic acids is 1. The molecule has 0 aliphatic heterocycles. The van der Waals surface area contributed by atoms with E-state index in [1.807, 2.05) is 0 Å². The van der Waals surface area contributed by atoms with Gasteiger partial charge in [-0.05, 0) is 19.1 Å². The molecule has 0 heterocycles. The van der Waals surface area contributed by atoms with Crippen molar-refractivity contribution in [1.29, 1.82) is 0 Å². The number of halogens is 2. The molecule has 0 bridgehead atoms. The highest BCUT2D eigenvalue weighted by Gasteiger charge is 2.24. The van der Waals surface area contributed by atoms with Gasteiger partial charge in [0, 0.05) is 0 Å². The quantitative estimate of drug-likeness (QED) is 0.521. The van der Waals surface area contributed by atoms with Crippen LogP contribution in [-0.4, -0.2) is 42.3 Å². The Kier molecular flexibility index (Phi) is 7.88. The topological polar surface area (TPSA) is 84.9 Å². The van der Waals surface area contributed by atoms with Crippen molar-refractivity contribution < 1.29 is 24.2 Å². The molecule has 6 nitrogen and oxygen atoms in total. The summed E-state index contributed by atoms with van der Waals surface area (Å²) in [6, 6.07) is 3.57. The van der Waals surface area contributed by atoms with E-state index >= 15 is 0 Å². The largest absolute Gasteiger partial charge is 0.480 e. The second kappa shape index (κ2) is 9.39. The molecule has 0 saturated carbocycles. The molecule has 8 heteroatoms. The van der Waals surface area contributed by atoms with Crippen molar-refractivity contribution in [3.05, 3.63) is 40.9 Å². The lowest BCUT2D eigenvalue weighted by Gasteiger charge is -2.19. The van der Waals surface area contributed by atoms with Gasteiger partial charge in [0.1, 0.15) is 10.8 Å². The lowest BCUT2D eigenvalue weighted by molar-refractivity contribution is -0.144. The maximum Gasteiger partial charge on any atom is 0.328 e. The van der Waals surface area contributed by atoms with E-state index in [0.29, 0.717) is 0 Å². The average molecular weight is 362 g/mol. The Morgan fingerprint density at radius 3 is 2.74 bits per heavy atom. The maximum atomic E-state index is 12.0. The molecule has 23 heavy (non-hydrogen) atoms. The molecule has 0 aliphatic rings. The minimum absolute atomic E-state index is 0.179. The lowest BCUT2D eigenvalue weighted by atomic mass is 10.2. The van der Waals surface area contributed by atoms with Gasteiger partial charge in [0.15, 0.2) is 12.1 Å². The first kappa shape index (κ1) is 19.3. The summed E-state index contributed by atoms with van der Waals surface area (Å²) < 4.78 is 10.5. The Morgan fingerprint density at radius 2 is 2.13 bits per heavy atom. The summed E-state index contributed by atoms with van der Waals surface area (Å²) in [7, 11) is 0. The third-order valence-corrected chi connectivity index (χ3v) is 3.53. The van der Waals surface area contributed by atoms with Gasteiger partial charge in [-0.25, -0.2) is 4.79 Å². The van der Waals surface area contributed by atoms with Gasteiger partial charge in [-0.15, -0.1) is 6.58 Å². The molecule has 0 saturated heterocycles. The first-order valence-corrected chi connectivity index (χ1v) is 7.45. The predicted octanol–water partition coefficient (Wildman–Crippen LogP) is 2.53. The third kappa shape index (κ3) is 6.09. The number of nitrogens with one attached hydrogen (secondary N) is 1. The van der Waals surface area contributed by atoms with E-state index in [1.165, 1.54) is 13.0 Å². The fourth-order valence-electron chi connectivity index (χ4n) is 1.55. The van der Waals surface area contributed by atoms with Crippen LogP contribution in [0.2, 0.25) is 10.0 Å². The van der Waals surface area contributed by atoms with Crippen molar-refractivity contribution in [3.63, 3.8) is 0 Å². The highest BCUT2D eigenvalue weighted by Crippen LogP contribution is 2.32. The summed E-state index contributed by atoms with van der Waals surface area (Å²) in [5.41, 5.74) is 0. The zero-order valence-corrected chi connectivity index (χ0v) is 13.9. The normalized spacial score (nSPS) is 13.0. The Labute approximate surface area is 144 Å². The SMILES string of the molecule is C=CCOCC(NC(=O)C(C)Oc1cccc(Cl)c1Cl)C(=O)O. The molecule has 1 amide bonds. The fourth-order valence-corrected chi connectivity index (χ4v) is 1.89. The minimum Gasteiger partial charge on any atom is -0.480 e. The number of rotatable bonds is 9. The molecule has 0 fully saturated rings. The monoisotopic (exact) mass is 361 g/mol. The molecule has 2 unspecified atom stereocenters. The molecular formula is C15H17Cl2NO5. The first-order valence-electron chi connectivity index (χ1n) is 6.69. The van der Waals surface area contributed by atoms with Gasteiger partial charge in [-0.2, -0.15) is 0 Å². The molecule has 1 rings (SSSR count). The second-order valence-corrected chi connectivity index (χ2v) is 5.32. The number of hydrogen-bond acceptors (Lipinski definition) is 4. The standard InChI is InChI=1S/C15H17Cl2NO5/c1-3-7-22-8-11(15(20)21)18-14(19)9(2)23-12-6-4-5-10(16)13(12)17/h3-6,9,11H,1,7-8H2,2H3,(H,18,19)(H,20,21). The minimum atomic E-state index is -1.21. The van der Waals surface area contributed by atoms with E-state index in [2.05, 4.69) is 11.9 Å². The number of aliphatic carboxylic acids is 1.